The molecule has 0 bridgehead atoms. The van der Waals surface area contributed by atoms with Crippen molar-refractivity contribution in [3.63, 3.8) is 0 Å². The van der Waals surface area contributed by atoms with Crippen molar-refractivity contribution in [2.45, 2.75) is 23.2 Å². The van der Waals surface area contributed by atoms with Crippen molar-refractivity contribution < 1.29 is 17.6 Å². The molecule has 7 heteroatoms. The van der Waals surface area contributed by atoms with Crippen LogP contribution in [0.25, 0.3) is 0 Å². The van der Waals surface area contributed by atoms with Gasteiger partial charge in [0.2, 0.25) is 5.91 Å². The van der Waals surface area contributed by atoms with Gasteiger partial charge < -0.3 is 0 Å². The molecule has 3 rings (SSSR count). The van der Waals surface area contributed by atoms with Crippen LogP contribution < -0.4 is 4.72 Å². The third kappa shape index (κ3) is 3.09. The second kappa shape index (κ2) is 5.62. The van der Waals surface area contributed by atoms with E-state index >= 15 is 0 Å². The fourth-order valence-corrected chi connectivity index (χ4v) is 3.69. The topological polar surface area (TPSA) is 63.2 Å². The quantitative estimate of drug-likeness (QED) is 0.919. The van der Waals surface area contributed by atoms with Crippen molar-refractivity contribution in [3.05, 3.63) is 64.9 Å². The number of rotatable bonds is 4. The SMILES string of the molecule is O=C(NS(=O)(=O)c1ccc(F)cc1)C1(c2cccc(Cl)c2)CC1. The van der Waals surface area contributed by atoms with E-state index in [1.54, 1.807) is 24.3 Å². The molecule has 0 radical (unpaired) electrons. The summed E-state index contributed by atoms with van der Waals surface area (Å²) in [4.78, 5) is 12.3. The van der Waals surface area contributed by atoms with Crippen LogP contribution in [-0.4, -0.2) is 14.3 Å². The Balaban J connectivity index is 1.85. The maximum atomic E-state index is 12.9. The minimum atomic E-state index is -4.04. The van der Waals surface area contributed by atoms with Crippen molar-refractivity contribution in [2.24, 2.45) is 0 Å². The summed E-state index contributed by atoms with van der Waals surface area (Å²) in [7, 11) is -4.04. The first-order chi connectivity index (χ1) is 10.8. The highest BCUT2D eigenvalue weighted by molar-refractivity contribution is 7.90. The molecule has 0 aliphatic heterocycles. The van der Waals surface area contributed by atoms with Crippen molar-refractivity contribution in [1.29, 1.82) is 0 Å². The number of carbonyl (C=O) groups is 1. The Morgan fingerprint density at radius 1 is 1.13 bits per heavy atom. The van der Waals surface area contributed by atoms with E-state index < -0.39 is 27.2 Å². The minimum absolute atomic E-state index is 0.158. The maximum absolute atomic E-state index is 12.9. The Bertz CT molecular complexity index is 861. The van der Waals surface area contributed by atoms with Gasteiger partial charge in [-0.3, -0.25) is 4.79 Å². The lowest BCUT2D eigenvalue weighted by Gasteiger charge is -2.16. The van der Waals surface area contributed by atoms with Gasteiger partial charge in [-0.2, -0.15) is 0 Å². The van der Waals surface area contributed by atoms with Gasteiger partial charge in [0.15, 0.2) is 0 Å². The molecule has 0 heterocycles. The summed E-state index contributed by atoms with van der Waals surface area (Å²) in [6, 6.07) is 11.1. The largest absolute Gasteiger partial charge is 0.273 e. The predicted octanol–water partition coefficient (Wildman–Crippen LogP) is 3.02. The van der Waals surface area contributed by atoms with Crippen LogP contribution in [0.1, 0.15) is 18.4 Å². The standard InChI is InChI=1S/C16H13ClFNO3S/c17-12-3-1-2-11(10-12)16(8-9-16)15(20)19-23(21,22)14-6-4-13(18)5-7-14/h1-7,10H,8-9H2,(H,19,20). The van der Waals surface area contributed by atoms with E-state index in [1.807, 2.05) is 0 Å². The van der Waals surface area contributed by atoms with Crippen molar-refractivity contribution in [1.82, 2.24) is 4.72 Å². The molecule has 1 N–H and O–H groups in total. The number of carbonyl (C=O) groups excluding carboxylic acids is 1. The molecule has 1 aliphatic rings. The molecular formula is C16H13ClFNO3S. The zero-order valence-corrected chi connectivity index (χ0v) is 13.5. The first-order valence-electron chi connectivity index (χ1n) is 6.92. The summed E-state index contributed by atoms with van der Waals surface area (Å²) in [5.74, 6) is -1.14. The van der Waals surface area contributed by atoms with Gasteiger partial charge in [0.1, 0.15) is 5.82 Å². The predicted molar refractivity (Wildman–Crippen MR) is 84.1 cm³/mol. The highest BCUT2D eigenvalue weighted by Gasteiger charge is 2.52. The molecule has 0 unspecified atom stereocenters. The van der Waals surface area contributed by atoms with Crippen LogP contribution >= 0.6 is 11.6 Å². The summed E-state index contributed by atoms with van der Waals surface area (Å²) in [6.07, 6.45) is 1.11. The second-order valence-electron chi connectivity index (χ2n) is 5.48. The molecule has 120 valence electrons. The van der Waals surface area contributed by atoms with Crippen LogP contribution in [0, 0.1) is 5.82 Å². The average Bonchev–Trinajstić information content (AvgIpc) is 3.29. The Kier molecular flexibility index (Phi) is 3.90. The summed E-state index contributed by atoms with van der Waals surface area (Å²) in [5.41, 5.74) is -0.172. The van der Waals surface area contributed by atoms with Crippen molar-refractivity contribution >= 4 is 27.5 Å². The lowest BCUT2D eigenvalue weighted by molar-refractivity contribution is -0.121. The van der Waals surface area contributed by atoms with Crippen LogP contribution in [0.5, 0.6) is 0 Å². The molecular weight excluding hydrogens is 341 g/mol. The van der Waals surface area contributed by atoms with Gasteiger partial charge >= 0.3 is 0 Å². The van der Waals surface area contributed by atoms with E-state index in [2.05, 4.69) is 4.72 Å². The van der Waals surface area contributed by atoms with Crippen LogP contribution in [0.15, 0.2) is 53.4 Å². The Hall–Kier alpha value is -1.92. The van der Waals surface area contributed by atoms with Crippen molar-refractivity contribution in [3.8, 4) is 0 Å². The molecule has 2 aromatic rings. The van der Waals surface area contributed by atoms with E-state index in [0.717, 1.165) is 24.3 Å². The number of sulfonamides is 1. The molecule has 0 saturated heterocycles. The fraction of sp³-hybridized carbons (Fsp3) is 0.188. The minimum Gasteiger partial charge on any atom is -0.273 e. The van der Waals surface area contributed by atoms with Crippen molar-refractivity contribution in [2.75, 3.05) is 0 Å². The lowest BCUT2D eigenvalue weighted by atomic mass is 9.95. The molecule has 1 amide bonds. The maximum Gasteiger partial charge on any atom is 0.264 e. The summed E-state index contributed by atoms with van der Waals surface area (Å²) >= 11 is 5.94. The first kappa shape index (κ1) is 16.0. The van der Waals surface area contributed by atoms with Gasteiger partial charge in [-0.25, -0.2) is 17.5 Å². The smallest absolute Gasteiger partial charge is 0.264 e. The molecule has 0 aromatic heterocycles. The van der Waals surface area contributed by atoms with E-state index in [1.165, 1.54) is 0 Å². The molecule has 4 nitrogen and oxygen atoms in total. The summed E-state index contributed by atoms with van der Waals surface area (Å²) in [5, 5.41) is 0.489. The first-order valence-corrected chi connectivity index (χ1v) is 8.78. The zero-order valence-electron chi connectivity index (χ0n) is 11.9. The van der Waals surface area contributed by atoms with E-state index in [-0.39, 0.29) is 4.90 Å². The van der Waals surface area contributed by atoms with Gasteiger partial charge in [-0.1, -0.05) is 23.7 Å². The number of hydrogen-bond donors (Lipinski definition) is 1. The molecule has 1 aliphatic carbocycles. The monoisotopic (exact) mass is 353 g/mol. The van der Waals surface area contributed by atoms with E-state index in [4.69, 9.17) is 11.6 Å². The molecule has 0 atom stereocenters. The molecule has 1 fully saturated rings. The lowest BCUT2D eigenvalue weighted by Crippen LogP contribution is -2.38. The number of hydrogen-bond acceptors (Lipinski definition) is 3. The highest BCUT2D eigenvalue weighted by Crippen LogP contribution is 2.49. The summed E-state index contributed by atoms with van der Waals surface area (Å²) < 4.78 is 39.5. The Labute approximate surface area is 138 Å². The summed E-state index contributed by atoms with van der Waals surface area (Å²) in [6.45, 7) is 0. The Morgan fingerprint density at radius 2 is 1.78 bits per heavy atom. The number of nitrogens with one attached hydrogen (secondary N) is 1. The van der Waals surface area contributed by atoms with Gasteiger partial charge in [-0.05, 0) is 54.8 Å². The number of halogens is 2. The number of amides is 1. The fourth-order valence-electron chi connectivity index (χ4n) is 2.45. The third-order valence-corrected chi connectivity index (χ3v) is 5.49. The third-order valence-electron chi connectivity index (χ3n) is 3.91. The average molecular weight is 354 g/mol. The van der Waals surface area contributed by atoms with Crippen LogP contribution in [0.4, 0.5) is 4.39 Å². The molecule has 1 saturated carbocycles. The molecule has 2 aromatic carbocycles. The normalized spacial score (nSPS) is 15.9. The molecule has 0 spiro atoms. The van der Waals surface area contributed by atoms with Gasteiger partial charge in [0.05, 0.1) is 10.3 Å². The van der Waals surface area contributed by atoms with Gasteiger partial charge in [-0.15, -0.1) is 0 Å². The Morgan fingerprint density at radius 3 is 2.35 bits per heavy atom. The highest BCUT2D eigenvalue weighted by atomic mass is 35.5. The zero-order chi connectivity index (χ0) is 16.7. The second-order valence-corrected chi connectivity index (χ2v) is 7.60. The van der Waals surface area contributed by atoms with E-state index in [0.29, 0.717) is 23.4 Å². The van der Waals surface area contributed by atoms with Crippen LogP contribution in [-0.2, 0) is 20.2 Å². The number of benzene rings is 2. The van der Waals surface area contributed by atoms with Crippen LogP contribution in [0.3, 0.4) is 0 Å². The molecule has 23 heavy (non-hydrogen) atoms. The van der Waals surface area contributed by atoms with Gasteiger partial charge in [0, 0.05) is 5.02 Å². The van der Waals surface area contributed by atoms with Gasteiger partial charge in [0.25, 0.3) is 10.0 Å². The van der Waals surface area contributed by atoms with E-state index in [9.17, 15) is 17.6 Å². The van der Waals surface area contributed by atoms with Crippen LogP contribution in [0.2, 0.25) is 5.02 Å².